The Kier molecular flexibility index (Phi) is 6.53. The van der Waals surface area contributed by atoms with Crippen molar-refractivity contribution in [2.24, 2.45) is 0 Å². The minimum atomic E-state index is -1.56. The lowest BCUT2D eigenvalue weighted by Gasteiger charge is -2.22. The number of hydrogen-bond donors (Lipinski definition) is 3. The van der Waals surface area contributed by atoms with Gasteiger partial charge in [-0.25, -0.2) is 9.18 Å². The fraction of sp³-hybridized carbons (Fsp3) is 0.231. The van der Waals surface area contributed by atoms with E-state index >= 15 is 0 Å². The standard InChI is InChI=1S/C26H24FNO5/c1-15-10-11-22(27)20(13-29)24(15)25(31)23(30)12-28-26(32)33-14-21-18-8-4-2-6-16(18)17-7-3-5-9-19(17)21/h2-11,13,21,23,25,30-31H,12,14H2,1H3,(H,28,32). The van der Waals surface area contributed by atoms with E-state index < -0.39 is 24.1 Å². The number of halogens is 1. The van der Waals surface area contributed by atoms with Crippen LogP contribution >= 0.6 is 0 Å². The number of nitrogens with one attached hydrogen (secondary N) is 1. The number of fused-ring (bicyclic) bond motifs is 3. The van der Waals surface area contributed by atoms with E-state index in [-0.39, 0.29) is 30.2 Å². The maximum Gasteiger partial charge on any atom is 0.407 e. The summed E-state index contributed by atoms with van der Waals surface area (Å²) in [4.78, 5) is 23.5. The molecule has 1 aliphatic carbocycles. The number of benzene rings is 3. The Morgan fingerprint density at radius 3 is 2.27 bits per heavy atom. The number of aldehydes is 1. The molecule has 2 atom stereocenters. The van der Waals surface area contributed by atoms with E-state index in [0.29, 0.717) is 11.8 Å². The van der Waals surface area contributed by atoms with E-state index in [1.807, 2.05) is 48.5 Å². The molecule has 3 aromatic rings. The molecule has 2 unspecified atom stereocenters. The number of carbonyl (C=O) groups is 2. The highest BCUT2D eigenvalue weighted by atomic mass is 19.1. The number of aryl methyl sites for hydroxylation is 1. The zero-order valence-electron chi connectivity index (χ0n) is 18.0. The number of aliphatic hydroxyl groups excluding tert-OH is 2. The molecule has 1 aliphatic rings. The third-order valence-corrected chi connectivity index (χ3v) is 6.03. The molecular formula is C26H24FNO5. The van der Waals surface area contributed by atoms with E-state index in [9.17, 15) is 24.2 Å². The van der Waals surface area contributed by atoms with Crippen molar-refractivity contribution >= 4 is 12.4 Å². The molecule has 0 aromatic heterocycles. The van der Waals surface area contributed by atoms with Crippen LogP contribution in [-0.2, 0) is 4.74 Å². The fourth-order valence-electron chi connectivity index (χ4n) is 4.37. The Morgan fingerprint density at radius 2 is 1.67 bits per heavy atom. The summed E-state index contributed by atoms with van der Waals surface area (Å²) >= 11 is 0. The lowest BCUT2D eigenvalue weighted by Crippen LogP contribution is -2.36. The van der Waals surface area contributed by atoms with Gasteiger partial charge >= 0.3 is 6.09 Å². The summed E-state index contributed by atoms with van der Waals surface area (Å²) in [6.07, 6.45) is -3.48. The summed E-state index contributed by atoms with van der Waals surface area (Å²) in [7, 11) is 0. The lowest BCUT2D eigenvalue weighted by atomic mass is 9.94. The van der Waals surface area contributed by atoms with Crippen LogP contribution < -0.4 is 5.32 Å². The molecule has 3 N–H and O–H groups in total. The highest BCUT2D eigenvalue weighted by Gasteiger charge is 2.29. The van der Waals surface area contributed by atoms with E-state index in [0.717, 1.165) is 28.3 Å². The number of alkyl carbamates (subject to hydrolysis) is 1. The Bertz CT molecular complexity index is 1150. The molecule has 1 amide bonds. The molecular weight excluding hydrogens is 425 g/mol. The summed E-state index contributed by atoms with van der Waals surface area (Å²) in [5.74, 6) is -0.898. The Morgan fingerprint density at radius 1 is 1.06 bits per heavy atom. The number of carbonyl (C=O) groups excluding carboxylic acids is 2. The second-order valence-electron chi connectivity index (χ2n) is 8.03. The van der Waals surface area contributed by atoms with Crippen LogP contribution in [0, 0.1) is 12.7 Å². The van der Waals surface area contributed by atoms with Crippen molar-refractivity contribution < 1.29 is 28.9 Å². The molecule has 4 rings (SSSR count). The molecule has 0 saturated heterocycles. The molecule has 0 saturated carbocycles. The van der Waals surface area contributed by atoms with Gasteiger partial charge in [-0.3, -0.25) is 4.79 Å². The van der Waals surface area contributed by atoms with Gasteiger partial charge in [-0.15, -0.1) is 0 Å². The van der Waals surface area contributed by atoms with Crippen LogP contribution in [0.4, 0.5) is 9.18 Å². The first-order chi connectivity index (χ1) is 15.9. The zero-order valence-corrected chi connectivity index (χ0v) is 18.0. The minimum Gasteiger partial charge on any atom is -0.449 e. The second-order valence-corrected chi connectivity index (χ2v) is 8.03. The largest absolute Gasteiger partial charge is 0.449 e. The van der Waals surface area contributed by atoms with Gasteiger partial charge in [-0.2, -0.15) is 0 Å². The molecule has 6 nitrogen and oxygen atoms in total. The maximum atomic E-state index is 13.9. The third kappa shape index (κ3) is 4.37. The van der Waals surface area contributed by atoms with Crippen LogP contribution in [0.25, 0.3) is 11.1 Å². The highest BCUT2D eigenvalue weighted by Crippen LogP contribution is 2.44. The van der Waals surface area contributed by atoms with Gasteiger partial charge in [-0.1, -0.05) is 54.6 Å². The molecule has 0 aliphatic heterocycles. The molecule has 170 valence electrons. The quantitative estimate of drug-likeness (QED) is 0.476. The van der Waals surface area contributed by atoms with Crippen LogP contribution in [0.1, 0.15) is 44.6 Å². The molecule has 0 bridgehead atoms. The Labute approximate surface area is 190 Å². The van der Waals surface area contributed by atoms with Crippen molar-refractivity contribution in [1.82, 2.24) is 5.32 Å². The van der Waals surface area contributed by atoms with Gasteiger partial charge < -0.3 is 20.3 Å². The Hall–Kier alpha value is -3.55. The van der Waals surface area contributed by atoms with Gasteiger partial charge in [0.15, 0.2) is 6.29 Å². The van der Waals surface area contributed by atoms with Gasteiger partial charge in [0.1, 0.15) is 24.6 Å². The van der Waals surface area contributed by atoms with Gasteiger partial charge in [-0.05, 0) is 46.4 Å². The number of ether oxygens (including phenoxy) is 1. The van der Waals surface area contributed by atoms with Crippen molar-refractivity contribution in [2.45, 2.75) is 25.0 Å². The van der Waals surface area contributed by atoms with E-state index in [1.165, 1.54) is 6.07 Å². The number of hydrogen-bond acceptors (Lipinski definition) is 5. The predicted molar refractivity (Wildman–Crippen MR) is 121 cm³/mol. The first-order valence-corrected chi connectivity index (χ1v) is 10.6. The summed E-state index contributed by atoms with van der Waals surface area (Å²) in [6.45, 7) is 1.36. The van der Waals surface area contributed by atoms with Crippen LogP contribution in [0.15, 0.2) is 60.7 Å². The average molecular weight is 449 g/mol. The number of aliphatic hydroxyl groups is 2. The van der Waals surface area contributed by atoms with Crippen LogP contribution in [-0.4, -0.2) is 41.8 Å². The van der Waals surface area contributed by atoms with Crippen LogP contribution in [0.3, 0.4) is 0 Å². The highest BCUT2D eigenvalue weighted by molar-refractivity contribution is 5.79. The molecule has 33 heavy (non-hydrogen) atoms. The summed E-state index contributed by atoms with van der Waals surface area (Å²) in [6, 6.07) is 18.4. The smallest absolute Gasteiger partial charge is 0.407 e. The molecule has 7 heteroatoms. The van der Waals surface area contributed by atoms with E-state index in [4.69, 9.17) is 4.74 Å². The first-order valence-electron chi connectivity index (χ1n) is 10.6. The summed E-state index contributed by atoms with van der Waals surface area (Å²) in [5, 5.41) is 23.2. The number of amides is 1. The van der Waals surface area contributed by atoms with Gasteiger partial charge in [0, 0.05) is 12.5 Å². The monoisotopic (exact) mass is 449 g/mol. The van der Waals surface area contributed by atoms with Crippen molar-refractivity contribution in [3.05, 3.63) is 94.3 Å². The second kappa shape index (κ2) is 9.52. The lowest BCUT2D eigenvalue weighted by molar-refractivity contribution is 0.0176. The van der Waals surface area contributed by atoms with Crippen molar-refractivity contribution in [3.63, 3.8) is 0 Å². The number of rotatable bonds is 7. The molecule has 3 aromatic carbocycles. The SMILES string of the molecule is Cc1ccc(F)c(C=O)c1C(O)C(O)CNC(=O)OCC1c2ccccc2-c2ccccc21. The topological polar surface area (TPSA) is 95.9 Å². The van der Waals surface area contributed by atoms with Crippen molar-refractivity contribution in [1.29, 1.82) is 0 Å². The predicted octanol–water partition coefficient (Wildman–Crippen LogP) is 3.88. The van der Waals surface area contributed by atoms with Gasteiger partial charge in [0.2, 0.25) is 0 Å². The molecule has 0 spiro atoms. The minimum absolute atomic E-state index is 0.00756. The third-order valence-electron chi connectivity index (χ3n) is 6.03. The van der Waals surface area contributed by atoms with Crippen LogP contribution in [0.2, 0.25) is 0 Å². The summed E-state index contributed by atoms with van der Waals surface area (Å²) < 4.78 is 19.3. The average Bonchev–Trinajstić information content (AvgIpc) is 3.15. The van der Waals surface area contributed by atoms with Crippen LogP contribution in [0.5, 0.6) is 0 Å². The zero-order chi connectivity index (χ0) is 23.5. The van der Waals surface area contributed by atoms with Crippen molar-refractivity contribution in [2.75, 3.05) is 13.2 Å². The maximum absolute atomic E-state index is 13.9. The first kappa shape index (κ1) is 22.6. The molecule has 0 radical (unpaired) electrons. The van der Waals surface area contributed by atoms with Crippen molar-refractivity contribution in [3.8, 4) is 11.1 Å². The molecule has 0 heterocycles. The van der Waals surface area contributed by atoms with Gasteiger partial charge in [0.25, 0.3) is 0 Å². The fourth-order valence-corrected chi connectivity index (χ4v) is 4.37. The van der Waals surface area contributed by atoms with E-state index in [1.54, 1.807) is 6.92 Å². The normalized spacial score (nSPS) is 14.2. The van der Waals surface area contributed by atoms with Gasteiger partial charge in [0.05, 0.1) is 5.56 Å². The summed E-state index contributed by atoms with van der Waals surface area (Å²) in [5.41, 5.74) is 4.49. The molecule has 0 fully saturated rings. The van der Waals surface area contributed by atoms with E-state index in [2.05, 4.69) is 5.32 Å². The Balaban J connectivity index is 1.38.